The molecular formula is C97H181N7O33S3. The molecule has 0 saturated carbocycles. The maximum Gasteiger partial charge on any atom is 0.220 e. The molecule has 5 amide bonds. The molecule has 8 aliphatic rings. The van der Waals surface area contributed by atoms with E-state index in [1.807, 2.05) is 6.26 Å². The number of aliphatic hydroxyl groups excluding tert-OH is 10. The number of rotatable bonds is 49. The Morgan fingerprint density at radius 2 is 0.579 bits per heavy atom. The van der Waals surface area contributed by atoms with Crippen LogP contribution in [-0.2, 0) is 109 Å². The van der Waals surface area contributed by atoms with Gasteiger partial charge >= 0.3 is 0 Å². The van der Waals surface area contributed by atoms with Crippen molar-refractivity contribution < 1.29 is 160 Å². The molecular weight excluding hydrogens is 1890 g/mol. The number of hydrogen-bond acceptors (Lipinski definition) is 38. The summed E-state index contributed by atoms with van der Waals surface area (Å²) < 4.78 is 95.1. The Bertz CT molecular complexity index is 3460. The van der Waals surface area contributed by atoms with Crippen molar-refractivity contribution in [3.8, 4) is 0 Å². The molecule has 0 aromatic rings. The van der Waals surface area contributed by atoms with Crippen LogP contribution < -0.4 is 38.1 Å². The summed E-state index contributed by atoms with van der Waals surface area (Å²) in [6, 6.07) is -4.51. The molecule has 0 radical (unpaired) electrons. The summed E-state index contributed by atoms with van der Waals surface area (Å²) in [7, 11) is 0. The van der Waals surface area contributed by atoms with Crippen molar-refractivity contribution in [2.45, 2.75) is 395 Å². The van der Waals surface area contributed by atoms with Crippen LogP contribution in [0.25, 0.3) is 0 Å². The number of ether oxygens (including phenoxy) is 16. The summed E-state index contributed by atoms with van der Waals surface area (Å²) in [5.74, 6) is 6.40. The largest absolute Gasteiger partial charge is 0.394 e. The van der Waals surface area contributed by atoms with Crippen molar-refractivity contribution in [3.05, 3.63) is 0 Å². The van der Waals surface area contributed by atoms with E-state index in [4.69, 9.17) is 87.3 Å². The van der Waals surface area contributed by atoms with Crippen molar-refractivity contribution in [2.24, 2.45) is 82.5 Å². The first kappa shape index (κ1) is 129. The summed E-state index contributed by atoms with van der Waals surface area (Å²) >= 11 is 4.11. The molecule has 40 nitrogen and oxygen atoms in total. The number of unbranched alkanes of at least 4 members (excludes halogenated alkanes) is 1. The number of thioether (sulfide) groups is 3. The average molecular weight is 2070 g/mol. The SMILES string of the molecule is C.CC(=O)NC1[C@H](OCC2O[C@@H](OCCCNC(=O)CCCSC(C)=O)C(NC(C)=O)[C@@H](O)[C@@H]2O)OC(CO)[C@@H](O)[C@@H]1O.CCC1O[C@@H](OCC2O[C@@H](OCCCNC(=O)CCCSC(C)=O)C(C)[C@@H](C)[C@@H]2C)C(C)[C@@H](C)[C@@H]1C.CCCCO[C@@H]1OC(CO[C@@H]2OC(CC)[C@@H](C)[C@H](C)C2C)[C@@H](C)[C@H](C)C1C.CSCCCC(=O)NCCCO[C@@H]1OC(CO[C@@H]2OC(CO)[C@@H](O)[C@H](O)C2N)[C@@H](O)[C@H](O)C1N. The summed E-state index contributed by atoms with van der Waals surface area (Å²) in [6.45, 7) is 41.2. The normalized spacial score (nSPS) is 37.6. The first-order valence-electron chi connectivity index (χ1n) is 50.4. The van der Waals surface area contributed by atoms with Gasteiger partial charge in [0.1, 0.15) is 85.3 Å². The van der Waals surface area contributed by atoms with Crippen LogP contribution in [0.3, 0.4) is 0 Å². The minimum atomic E-state index is -1.56. The van der Waals surface area contributed by atoms with Gasteiger partial charge in [0.25, 0.3) is 0 Å². The lowest BCUT2D eigenvalue weighted by atomic mass is 9.78. The molecule has 0 spiro atoms. The van der Waals surface area contributed by atoms with Crippen LogP contribution in [0.2, 0.25) is 0 Å². The molecule has 0 bridgehead atoms. The van der Waals surface area contributed by atoms with Gasteiger partial charge in [-0.1, -0.05) is 141 Å². The summed E-state index contributed by atoms with van der Waals surface area (Å²) in [5, 5.41) is 115. The molecule has 8 rings (SSSR count). The number of aliphatic hydroxyl groups is 10. The maximum atomic E-state index is 11.9. The van der Waals surface area contributed by atoms with Gasteiger partial charge in [0.05, 0.1) is 96.0 Å². The summed E-state index contributed by atoms with van der Waals surface area (Å²) in [6.07, 6.45) is -10.2. The molecule has 19 N–H and O–H groups in total. The summed E-state index contributed by atoms with van der Waals surface area (Å²) in [5.41, 5.74) is 11.8. The third-order valence-electron chi connectivity index (χ3n) is 28.5. The summed E-state index contributed by atoms with van der Waals surface area (Å²) in [4.78, 5) is 80.9. The van der Waals surface area contributed by atoms with E-state index in [9.17, 15) is 84.6 Å². The highest BCUT2D eigenvalue weighted by Gasteiger charge is 2.52. The van der Waals surface area contributed by atoms with Gasteiger partial charge in [-0.2, -0.15) is 11.8 Å². The molecule has 40 atom stereocenters. The van der Waals surface area contributed by atoms with Crippen LogP contribution in [0.1, 0.15) is 222 Å². The fourth-order valence-corrected chi connectivity index (χ4v) is 19.5. The number of carbonyl (C=O) groups is 7. The van der Waals surface area contributed by atoms with Crippen molar-refractivity contribution in [2.75, 3.05) is 109 Å². The van der Waals surface area contributed by atoms with Crippen molar-refractivity contribution in [1.29, 1.82) is 0 Å². The van der Waals surface area contributed by atoms with Gasteiger partial charge in [-0.25, -0.2) is 0 Å². The minimum absolute atomic E-state index is 0. The fraction of sp³-hybridized carbons (Fsp3) is 0.928. The quantitative estimate of drug-likeness (QED) is 0.0381. The second-order valence-electron chi connectivity index (χ2n) is 38.6. The second kappa shape index (κ2) is 67.6. The van der Waals surface area contributed by atoms with Crippen molar-refractivity contribution in [1.82, 2.24) is 26.6 Å². The molecule has 0 aromatic heterocycles. The van der Waals surface area contributed by atoms with E-state index in [0.717, 1.165) is 62.6 Å². The van der Waals surface area contributed by atoms with Gasteiger partial charge in [0.15, 0.2) is 60.6 Å². The topological polar surface area (TPSA) is 582 Å². The van der Waals surface area contributed by atoms with Crippen LogP contribution in [0.4, 0.5) is 0 Å². The molecule has 8 aliphatic heterocycles. The van der Waals surface area contributed by atoms with E-state index in [0.29, 0.717) is 148 Å². The predicted octanol–water partition coefficient (Wildman–Crippen LogP) is 4.08. The third-order valence-corrected chi connectivity index (χ3v) is 30.9. The zero-order chi connectivity index (χ0) is 104. The lowest BCUT2D eigenvalue weighted by Crippen LogP contribution is -2.66. The smallest absolute Gasteiger partial charge is 0.220 e. The monoisotopic (exact) mass is 2070 g/mol. The Kier molecular flexibility index (Phi) is 62.3. The number of amides is 5. The van der Waals surface area contributed by atoms with Gasteiger partial charge in [-0.15, -0.1) is 0 Å². The van der Waals surface area contributed by atoms with Crippen molar-refractivity contribution in [3.63, 3.8) is 0 Å². The lowest BCUT2D eigenvalue weighted by molar-refractivity contribution is -0.303. The zero-order valence-corrected chi connectivity index (χ0v) is 88.3. The number of carbonyl (C=O) groups excluding carboxylic acids is 7. The van der Waals surface area contributed by atoms with E-state index in [1.165, 1.54) is 32.5 Å². The van der Waals surface area contributed by atoms with Crippen LogP contribution in [0, 0.1) is 71.0 Å². The predicted molar refractivity (Wildman–Crippen MR) is 528 cm³/mol. The maximum absolute atomic E-state index is 11.9. The molecule has 8 heterocycles. The Labute approximate surface area is 843 Å². The van der Waals surface area contributed by atoms with Crippen LogP contribution in [-0.4, -0.2) is 372 Å². The highest BCUT2D eigenvalue weighted by atomic mass is 32.2. The first-order chi connectivity index (χ1) is 65.9. The molecule has 8 saturated heterocycles. The van der Waals surface area contributed by atoms with E-state index in [-0.39, 0.29) is 124 Å². The molecule has 16 unspecified atom stereocenters. The van der Waals surface area contributed by atoms with Gasteiger partial charge in [0.2, 0.25) is 29.5 Å². The van der Waals surface area contributed by atoms with Crippen LogP contribution in [0.15, 0.2) is 0 Å². The van der Waals surface area contributed by atoms with Gasteiger partial charge in [0, 0.05) is 108 Å². The average Bonchev–Trinajstić information content (AvgIpc) is 0.785. The molecule has 820 valence electrons. The highest BCUT2D eigenvalue weighted by Crippen LogP contribution is 2.43. The molecule has 140 heavy (non-hydrogen) atoms. The number of nitrogens with one attached hydrogen (secondary N) is 5. The Balaban J connectivity index is 0.000000393. The number of nitrogens with two attached hydrogens (primary N) is 2. The molecule has 0 aliphatic carbocycles. The Hall–Kier alpha value is -3.38. The van der Waals surface area contributed by atoms with Gasteiger partial charge < -0.3 is 165 Å². The van der Waals surface area contributed by atoms with E-state index in [1.54, 1.807) is 18.7 Å². The van der Waals surface area contributed by atoms with E-state index >= 15 is 0 Å². The van der Waals surface area contributed by atoms with Gasteiger partial charge in [-0.05, 0) is 117 Å². The lowest BCUT2D eigenvalue weighted by Gasteiger charge is -2.46. The minimum Gasteiger partial charge on any atom is -0.394 e. The third kappa shape index (κ3) is 41.5. The van der Waals surface area contributed by atoms with E-state index in [2.05, 4.69) is 130 Å². The Morgan fingerprint density at radius 1 is 0.314 bits per heavy atom. The van der Waals surface area contributed by atoms with Crippen LogP contribution in [0.5, 0.6) is 0 Å². The fourth-order valence-electron chi connectivity index (χ4n) is 17.9. The molecule has 8 fully saturated rings. The molecule has 43 heteroatoms. The first-order valence-corrected chi connectivity index (χ1v) is 53.7. The van der Waals surface area contributed by atoms with Crippen LogP contribution >= 0.6 is 35.3 Å². The molecule has 0 aromatic carbocycles. The van der Waals surface area contributed by atoms with Gasteiger partial charge in [-0.3, -0.25) is 33.6 Å². The zero-order valence-electron chi connectivity index (χ0n) is 85.8. The highest BCUT2D eigenvalue weighted by molar-refractivity contribution is 8.13. The Morgan fingerprint density at radius 3 is 0.936 bits per heavy atom. The number of hydrogen-bond donors (Lipinski definition) is 17. The standard InChI is InChI=1S/C28H51NO6S.C25H43N3O13S.C23H44O4.C20H39N3O10S.CH4/c1-9-24-19(4)17(2)22(7)28(34-24)33-16-25-20(5)18(3)21(6)27(35-25)32-14-11-13-29-26(31)12-10-15-36-23(8)30;1-12(30)27-18-23(37)21(35)16(11-39-25-19(28-13(2)31)22(36)20(34)15(10-29)40-25)41-24(18)38-8-5-7-26-17(33)6-4-9-42-14(3)32;1-9-11-12-24-22-18(7)15(4)17(6)21(27-22)13-25-23-19(8)14(3)16(5)20(10-2)26-23;1-34-7-2-4-12(25)23-5-3-6-30-19-13(21)18(29)16(27)11(33-19)9-31-20-14(22)17(28)15(26)10(8-24)32-20;/h17-22,24-25,27-28H,9-16H2,1-8H3,(H,29,31);15-16,18-25,29,34-37H,4-11H2,1-3H3,(H,26,33)(H,27,30)(H,28,31);14-23H,9-13H2,1-8H3;10-11,13-20,24,26-29H,2-9,21-22H2,1H3,(H,23,25);1H4/t17-,18-,19-,20-,21?,22?,24?,25?,27+,28+;15?,16?,18?,19?,20-,21-,22-,23-,24-,25-;14-,15-,16-,17-,18?,19?,20?,21?,22+,23+;10?,11?,13?,14?,15-,16-,17-,18-,19-,20-;/m0101./s1. The second-order valence-corrected chi connectivity index (χ2v) is 42.2. The van der Waals surface area contributed by atoms with E-state index < -0.39 is 154 Å². The van der Waals surface area contributed by atoms with Crippen molar-refractivity contribution >= 4 is 75.1 Å².